The molecule has 2 aromatic rings. The van der Waals surface area contributed by atoms with Crippen LogP contribution in [0.5, 0.6) is 5.75 Å². The fourth-order valence-electron chi connectivity index (χ4n) is 2.30. The van der Waals surface area contributed by atoms with Gasteiger partial charge in [-0.2, -0.15) is 0 Å². The summed E-state index contributed by atoms with van der Waals surface area (Å²) in [4.78, 5) is 33.5. The fourth-order valence-corrected chi connectivity index (χ4v) is 2.30. The summed E-state index contributed by atoms with van der Waals surface area (Å²) >= 11 is 0. The van der Waals surface area contributed by atoms with Gasteiger partial charge >= 0.3 is 11.9 Å². The number of hydrogen-bond donors (Lipinski definition) is 0. The zero-order valence-corrected chi connectivity index (χ0v) is 15.2. The van der Waals surface area contributed by atoms with E-state index in [4.69, 9.17) is 9.47 Å². The quantitative estimate of drug-likeness (QED) is 0.405. The first-order chi connectivity index (χ1) is 13.0. The van der Waals surface area contributed by atoms with Gasteiger partial charge in [-0.3, -0.25) is 9.98 Å². The summed E-state index contributed by atoms with van der Waals surface area (Å²) in [5.74, 6) is -1.13. The van der Waals surface area contributed by atoms with Crippen molar-refractivity contribution in [1.29, 1.82) is 0 Å². The molecule has 0 saturated heterocycles. The minimum Gasteiger partial charge on any atom is -0.449 e. The molecular formula is C20H21N3O4. The number of esters is 2. The highest BCUT2D eigenvalue weighted by Gasteiger charge is 2.22. The minimum absolute atomic E-state index is 0.117. The number of likely N-dealkylation sites (N-methyl/N-ethyl adjacent to an activating group) is 1. The molecule has 140 valence electrons. The number of nitrogens with zero attached hydrogens (tertiary/aromatic N) is 3. The lowest BCUT2D eigenvalue weighted by Gasteiger charge is -2.28. The van der Waals surface area contributed by atoms with Gasteiger partial charge in [0.05, 0.1) is 18.4 Å². The highest BCUT2D eigenvalue weighted by atomic mass is 16.6. The molecule has 1 aromatic heterocycles. The van der Waals surface area contributed by atoms with E-state index in [1.165, 1.54) is 12.4 Å². The number of aromatic nitrogens is 1. The highest BCUT2D eigenvalue weighted by molar-refractivity contribution is 5.89. The van der Waals surface area contributed by atoms with E-state index in [0.717, 1.165) is 5.56 Å². The molecule has 7 nitrogen and oxygen atoms in total. The molecule has 0 aliphatic carbocycles. The van der Waals surface area contributed by atoms with Gasteiger partial charge in [-0.25, -0.2) is 9.59 Å². The SMILES string of the molecule is C=N/C=C(/C(=O)OCC(=O)Oc1cccnc1)N(C)[C@H](C)c1ccccc1. The van der Waals surface area contributed by atoms with Crippen LogP contribution < -0.4 is 4.74 Å². The summed E-state index contributed by atoms with van der Waals surface area (Å²) in [6, 6.07) is 12.8. The number of aliphatic imine (C=N–C) groups is 1. The van der Waals surface area contributed by atoms with E-state index in [2.05, 4.69) is 16.7 Å². The molecule has 2 rings (SSSR count). The maximum absolute atomic E-state index is 12.4. The predicted octanol–water partition coefficient (Wildman–Crippen LogP) is 2.77. The van der Waals surface area contributed by atoms with Gasteiger partial charge in [0.15, 0.2) is 6.61 Å². The number of pyridine rings is 1. The third-order valence-corrected chi connectivity index (χ3v) is 3.85. The molecule has 0 bridgehead atoms. The molecule has 0 radical (unpaired) electrons. The Morgan fingerprint density at radius 3 is 2.63 bits per heavy atom. The van der Waals surface area contributed by atoms with Gasteiger partial charge in [0.1, 0.15) is 11.4 Å². The Balaban J connectivity index is 1.99. The Morgan fingerprint density at radius 1 is 1.26 bits per heavy atom. The van der Waals surface area contributed by atoms with Crippen molar-refractivity contribution < 1.29 is 19.1 Å². The summed E-state index contributed by atoms with van der Waals surface area (Å²) in [7, 11) is 1.74. The number of benzene rings is 1. The molecule has 0 saturated carbocycles. The average Bonchev–Trinajstić information content (AvgIpc) is 2.70. The first kappa shape index (κ1) is 19.8. The lowest BCUT2D eigenvalue weighted by Crippen LogP contribution is -2.29. The predicted molar refractivity (Wildman–Crippen MR) is 101 cm³/mol. The van der Waals surface area contributed by atoms with Gasteiger partial charge in [0.25, 0.3) is 0 Å². The first-order valence-corrected chi connectivity index (χ1v) is 8.24. The summed E-state index contributed by atoms with van der Waals surface area (Å²) in [6.45, 7) is 4.80. The number of ether oxygens (including phenoxy) is 2. The van der Waals surface area contributed by atoms with Crippen LogP contribution in [0.4, 0.5) is 0 Å². The van der Waals surface area contributed by atoms with Crippen LogP contribution >= 0.6 is 0 Å². The number of rotatable bonds is 8. The molecule has 1 atom stereocenters. The largest absolute Gasteiger partial charge is 0.449 e. The van der Waals surface area contributed by atoms with E-state index in [1.807, 2.05) is 37.3 Å². The Morgan fingerprint density at radius 2 is 2.00 bits per heavy atom. The molecular weight excluding hydrogens is 346 g/mol. The van der Waals surface area contributed by atoms with Crippen LogP contribution in [0.15, 0.2) is 71.7 Å². The van der Waals surface area contributed by atoms with Gasteiger partial charge in [0, 0.05) is 13.2 Å². The minimum atomic E-state index is -0.707. The van der Waals surface area contributed by atoms with Crippen LogP contribution in [0.3, 0.4) is 0 Å². The Labute approximate surface area is 158 Å². The summed E-state index contributed by atoms with van der Waals surface area (Å²) in [6.07, 6.45) is 4.25. The van der Waals surface area contributed by atoms with E-state index in [9.17, 15) is 9.59 Å². The molecule has 1 heterocycles. The van der Waals surface area contributed by atoms with Crippen LogP contribution in [0.25, 0.3) is 0 Å². The van der Waals surface area contributed by atoms with Crippen molar-refractivity contribution in [2.45, 2.75) is 13.0 Å². The van der Waals surface area contributed by atoms with Crippen molar-refractivity contribution in [3.8, 4) is 5.75 Å². The van der Waals surface area contributed by atoms with Crippen LogP contribution in [-0.2, 0) is 14.3 Å². The number of carbonyl (C=O) groups is 2. The van der Waals surface area contributed by atoms with Crippen molar-refractivity contribution in [3.63, 3.8) is 0 Å². The second kappa shape index (κ2) is 9.86. The molecule has 0 spiro atoms. The summed E-state index contributed by atoms with van der Waals surface area (Å²) in [5.41, 5.74) is 1.19. The Bertz CT molecular complexity index is 806. The third-order valence-electron chi connectivity index (χ3n) is 3.85. The molecule has 0 N–H and O–H groups in total. The second-order valence-electron chi connectivity index (χ2n) is 5.63. The maximum atomic E-state index is 12.4. The molecule has 0 aliphatic heterocycles. The fraction of sp³-hybridized carbons (Fsp3) is 0.200. The third kappa shape index (κ3) is 5.78. The van der Waals surface area contributed by atoms with Gasteiger partial charge < -0.3 is 14.4 Å². The zero-order valence-electron chi connectivity index (χ0n) is 15.2. The van der Waals surface area contributed by atoms with Crippen LogP contribution in [0, 0.1) is 0 Å². The second-order valence-corrected chi connectivity index (χ2v) is 5.63. The molecule has 0 unspecified atom stereocenters. The van der Waals surface area contributed by atoms with E-state index < -0.39 is 18.5 Å². The zero-order chi connectivity index (χ0) is 19.6. The molecule has 0 fully saturated rings. The number of hydrogen-bond acceptors (Lipinski definition) is 7. The molecule has 27 heavy (non-hydrogen) atoms. The van der Waals surface area contributed by atoms with Crippen LogP contribution in [0.2, 0.25) is 0 Å². The van der Waals surface area contributed by atoms with Gasteiger partial charge in [-0.15, -0.1) is 0 Å². The van der Waals surface area contributed by atoms with Crippen molar-refractivity contribution in [3.05, 3.63) is 72.3 Å². The average molecular weight is 367 g/mol. The topological polar surface area (TPSA) is 81.1 Å². The van der Waals surface area contributed by atoms with Crippen LogP contribution in [-0.4, -0.2) is 42.2 Å². The van der Waals surface area contributed by atoms with E-state index >= 15 is 0 Å². The van der Waals surface area contributed by atoms with Crippen LogP contribution in [0.1, 0.15) is 18.5 Å². The lowest BCUT2D eigenvalue weighted by molar-refractivity contribution is -0.152. The molecule has 0 amide bonds. The van der Waals surface area contributed by atoms with Gasteiger partial charge in [-0.05, 0) is 31.3 Å². The molecule has 0 aliphatic rings. The van der Waals surface area contributed by atoms with Crippen molar-refractivity contribution in [2.75, 3.05) is 13.7 Å². The van der Waals surface area contributed by atoms with Gasteiger partial charge in [0.2, 0.25) is 0 Å². The normalized spacial score (nSPS) is 12.0. The number of carbonyl (C=O) groups excluding carboxylic acids is 2. The standard InChI is InChI=1S/C20H21N3O4/c1-15(16-8-5-4-6-9-16)23(3)18(13-21-2)20(25)26-14-19(24)27-17-10-7-11-22-12-17/h4-13,15H,2,14H2,1,3H3/b18-13-/t15-/m1/s1. The highest BCUT2D eigenvalue weighted by Crippen LogP contribution is 2.23. The molecule has 7 heteroatoms. The Kier molecular flexibility index (Phi) is 7.25. The van der Waals surface area contributed by atoms with Crippen molar-refractivity contribution in [1.82, 2.24) is 9.88 Å². The van der Waals surface area contributed by atoms with Crippen molar-refractivity contribution >= 4 is 18.7 Å². The van der Waals surface area contributed by atoms with Gasteiger partial charge in [-0.1, -0.05) is 30.3 Å². The lowest BCUT2D eigenvalue weighted by atomic mass is 10.1. The Hall–Kier alpha value is -3.48. The van der Waals surface area contributed by atoms with Crippen molar-refractivity contribution in [2.24, 2.45) is 4.99 Å². The monoisotopic (exact) mass is 367 g/mol. The smallest absolute Gasteiger partial charge is 0.356 e. The summed E-state index contributed by atoms with van der Waals surface area (Å²) in [5, 5.41) is 0. The summed E-state index contributed by atoms with van der Waals surface area (Å²) < 4.78 is 10.1. The molecule has 1 aromatic carbocycles. The maximum Gasteiger partial charge on any atom is 0.356 e. The first-order valence-electron chi connectivity index (χ1n) is 8.24. The van der Waals surface area contributed by atoms with E-state index in [-0.39, 0.29) is 17.5 Å². The van der Waals surface area contributed by atoms with E-state index in [1.54, 1.807) is 30.3 Å². The van der Waals surface area contributed by atoms with E-state index in [0.29, 0.717) is 0 Å².